The topological polar surface area (TPSA) is 20.3 Å². The molecule has 0 saturated carbocycles. The first kappa shape index (κ1) is 14.8. The third kappa shape index (κ3) is 2.92. The van der Waals surface area contributed by atoms with Crippen molar-refractivity contribution in [3.05, 3.63) is 65.7 Å². The Labute approximate surface area is 132 Å². The summed E-state index contributed by atoms with van der Waals surface area (Å²) in [5.41, 5.74) is 3.63. The minimum absolute atomic E-state index is 0.232. The molecule has 0 N–H and O–H groups in total. The van der Waals surface area contributed by atoms with Crippen molar-refractivity contribution in [1.29, 1.82) is 0 Å². The lowest BCUT2D eigenvalue weighted by molar-refractivity contribution is -0.119. The van der Waals surface area contributed by atoms with Crippen LogP contribution in [0.1, 0.15) is 49.7 Å². The van der Waals surface area contributed by atoms with Crippen molar-refractivity contribution in [2.45, 2.75) is 38.5 Å². The summed E-state index contributed by atoms with van der Waals surface area (Å²) in [6, 6.07) is 18.6. The Morgan fingerprint density at radius 1 is 1.14 bits per heavy atom. The van der Waals surface area contributed by atoms with Crippen LogP contribution in [0.3, 0.4) is 0 Å². The quantitative estimate of drug-likeness (QED) is 0.801. The monoisotopic (exact) mass is 293 g/mol. The van der Waals surface area contributed by atoms with Gasteiger partial charge in [-0.25, -0.2) is 0 Å². The molecule has 0 saturated heterocycles. The normalized spacial score (nSPS) is 18.6. The van der Waals surface area contributed by atoms with Gasteiger partial charge in [-0.2, -0.15) is 0 Å². The molecule has 22 heavy (non-hydrogen) atoms. The summed E-state index contributed by atoms with van der Waals surface area (Å²) in [6.45, 7) is 5.21. The molecule has 1 heterocycles. The van der Waals surface area contributed by atoms with Gasteiger partial charge >= 0.3 is 0 Å². The summed E-state index contributed by atoms with van der Waals surface area (Å²) in [6.07, 6.45) is 1.61. The SMILES string of the molecule is CC(CC(=O)N1CCC(C)c2ccccc21)c1ccccc1. The van der Waals surface area contributed by atoms with E-state index in [-0.39, 0.29) is 11.8 Å². The van der Waals surface area contributed by atoms with E-state index < -0.39 is 0 Å². The third-order valence-electron chi connectivity index (χ3n) is 4.69. The Balaban J connectivity index is 1.77. The third-order valence-corrected chi connectivity index (χ3v) is 4.69. The summed E-state index contributed by atoms with van der Waals surface area (Å²) in [5, 5.41) is 0. The number of benzene rings is 2. The van der Waals surface area contributed by atoms with Crippen LogP contribution in [-0.2, 0) is 4.79 Å². The van der Waals surface area contributed by atoms with E-state index in [0.717, 1.165) is 18.7 Å². The van der Waals surface area contributed by atoms with E-state index in [2.05, 4.69) is 44.2 Å². The van der Waals surface area contributed by atoms with Gasteiger partial charge in [0.05, 0.1) is 0 Å². The zero-order valence-corrected chi connectivity index (χ0v) is 13.3. The van der Waals surface area contributed by atoms with E-state index in [0.29, 0.717) is 12.3 Å². The first-order valence-corrected chi connectivity index (χ1v) is 8.11. The molecule has 2 aromatic rings. The molecule has 0 bridgehead atoms. The van der Waals surface area contributed by atoms with Crippen molar-refractivity contribution in [2.75, 3.05) is 11.4 Å². The van der Waals surface area contributed by atoms with Gasteiger partial charge in [0.25, 0.3) is 0 Å². The van der Waals surface area contributed by atoms with Gasteiger partial charge in [-0.3, -0.25) is 4.79 Å². The van der Waals surface area contributed by atoms with Crippen molar-refractivity contribution in [3.8, 4) is 0 Å². The molecule has 0 aliphatic carbocycles. The van der Waals surface area contributed by atoms with E-state index in [1.54, 1.807) is 0 Å². The summed E-state index contributed by atoms with van der Waals surface area (Å²) >= 11 is 0. The second-order valence-electron chi connectivity index (χ2n) is 6.31. The highest BCUT2D eigenvalue weighted by atomic mass is 16.2. The second kappa shape index (κ2) is 6.35. The zero-order chi connectivity index (χ0) is 15.5. The van der Waals surface area contributed by atoms with Crippen molar-refractivity contribution in [3.63, 3.8) is 0 Å². The maximum Gasteiger partial charge on any atom is 0.227 e. The first-order chi connectivity index (χ1) is 10.7. The lowest BCUT2D eigenvalue weighted by atomic mass is 9.90. The highest BCUT2D eigenvalue weighted by Gasteiger charge is 2.26. The zero-order valence-electron chi connectivity index (χ0n) is 13.3. The predicted octanol–water partition coefficient (Wildman–Crippen LogP) is 4.72. The Hall–Kier alpha value is -2.09. The molecular weight excluding hydrogens is 270 g/mol. The maximum absolute atomic E-state index is 12.8. The molecule has 2 unspecified atom stereocenters. The molecule has 2 nitrogen and oxygen atoms in total. The fraction of sp³-hybridized carbons (Fsp3) is 0.350. The average Bonchev–Trinajstić information content (AvgIpc) is 2.56. The summed E-state index contributed by atoms with van der Waals surface area (Å²) in [5.74, 6) is 1.02. The largest absolute Gasteiger partial charge is 0.312 e. The van der Waals surface area contributed by atoms with Gasteiger partial charge in [0, 0.05) is 18.7 Å². The molecule has 2 atom stereocenters. The van der Waals surface area contributed by atoms with Crippen LogP contribution in [0.4, 0.5) is 5.69 Å². The molecule has 2 aromatic carbocycles. The number of amides is 1. The fourth-order valence-corrected chi connectivity index (χ4v) is 3.28. The number of nitrogens with zero attached hydrogens (tertiary/aromatic N) is 1. The van der Waals surface area contributed by atoms with Crippen LogP contribution >= 0.6 is 0 Å². The minimum atomic E-state index is 0.232. The van der Waals surface area contributed by atoms with Crippen LogP contribution in [0.2, 0.25) is 0 Å². The molecule has 0 radical (unpaired) electrons. The molecule has 1 aliphatic rings. The van der Waals surface area contributed by atoms with Crippen LogP contribution in [-0.4, -0.2) is 12.5 Å². The van der Waals surface area contributed by atoms with Crippen LogP contribution in [0.25, 0.3) is 0 Å². The number of para-hydroxylation sites is 1. The Morgan fingerprint density at radius 3 is 2.59 bits per heavy atom. The molecule has 2 heteroatoms. The number of anilines is 1. The van der Waals surface area contributed by atoms with E-state index >= 15 is 0 Å². The standard InChI is InChI=1S/C20H23NO/c1-15-12-13-21(19-11-7-6-10-18(15)19)20(22)14-16(2)17-8-4-3-5-9-17/h3-11,15-16H,12-14H2,1-2H3. The maximum atomic E-state index is 12.8. The number of carbonyl (C=O) groups is 1. The van der Waals surface area contributed by atoms with Crippen molar-refractivity contribution >= 4 is 11.6 Å². The van der Waals surface area contributed by atoms with Gasteiger partial charge in [-0.1, -0.05) is 62.4 Å². The van der Waals surface area contributed by atoms with Gasteiger partial charge in [-0.05, 0) is 35.4 Å². The second-order valence-corrected chi connectivity index (χ2v) is 6.31. The first-order valence-electron chi connectivity index (χ1n) is 8.11. The number of hydrogen-bond donors (Lipinski definition) is 0. The van der Waals surface area contributed by atoms with Gasteiger partial charge < -0.3 is 4.90 Å². The summed E-state index contributed by atoms with van der Waals surface area (Å²) < 4.78 is 0. The minimum Gasteiger partial charge on any atom is -0.312 e. The Kier molecular flexibility index (Phi) is 4.28. The van der Waals surface area contributed by atoms with Crippen molar-refractivity contribution in [2.24, 2.45) is 0 Å². The summed E-state index contributed by atoms with van der Waals surface area (Å²) in [4.78, 5) is 14.8. The molecule has 0 fully saturated rings. The number of rotatable bonds is 3. The van der Waals surface area contributed by atoms with E-state index in [4.69, 9.17) is 0 Å². The lowest BCUT2D eigenvalue weighted by Gasteiger charge is -2.33. The Bertz CT molecular complexity index is 650. The van der Waals surface area contributed by atoms with E-state index in [1.807, 2.05) is 29.2 Å². The van der Waals surface area contributed by atoms with Gasteiger partial charge in [-0.15, -0.1) is 0 Å². The van der Waals surface area contributed by atoms with Gasteiger partial charge in [0.15, 0.2) is 0 Å². The van der Waals surface area contributed by atoms with Crippen LogP contribution in [0.5, 0.6) is 0 Å². The van der Waals surface area contributed by atoms with E-state index in [1.165, 1.54) is 11.1 Å². The Morgan fingerprint density at radius 2 is 1.82 bits per heavy atom. The van der Waals surface area contributed by atoms with Crippen molar-refractivity contribution in [1.82, 2.24) is 0 Å². The highest BCUT2D eigenvalue weighted by molar-refractivity contribution is 5.95. The van der Waals surface area contributed by atoms with Crippen molar-refractivity contribution < 1.29 is 4.79 Å². The van der Waals surface area contributed by atoms with Crippen LogP contribution in [0, 0.1) is 0 Å². The number of fused-ring (bicyclic) bond motifs is 1. The van der Waals surface area contributed by atoms with E-state index in [9.17, 15) is 4.79 Å². The van der Waals surface area contributed by atoms with Crippen LogP contribution in [0.15, 0.2) is 54.6 Å². The fourth-order valence-electron chi connectivity index (χ4n) is 3.28. The van der Waals surface area contributed by atoms with Gasteiger partial charge in [0.2, 0.25) is 5.91 Å². The molecule has 3 rings (SSSR count). The van der Waals surface area contributed by atoms with Crippen LogP contribution < -0.4 is 4.90 Å². The molecular formula is C20H23NO. The molecule has 1 amide bonds. The molecule has 1 aliphatic heterocycles. The lowest BCUT2D eigenvalue weighted by Crippen LogP contribution is -2.36. The number of carbonyl (C=O) groups excluding carboxylic acids is 1. The highest BCUT2D eigenvalue weighted by Crippen LogP contribution is 2.35. The van der Waals surface area contributed by atoms with Gasteiger partial charge in [0.1, 0.15) is 0 Å². The average molecular weight is 293 g/mol. The number of hydrogen-bond acceptors (Lipinski definition) is 1. The predicted molar refractivity (Wildman–Crippen MR) is 91.3 cm³/mol. The molecule has 0 aromatic heterocycles. The summed E-state index contributed by atoms with van der Waals surface area (Å²) in [7, 11) is 0. The molecule has 114 valence electrons. The smallest absolute Gasteiger partial charge is 0.227 e. The molecule has 0 spiro atoms.